The quantitative estimate of drug-likeness (QED) is 0.743. The topological polar surface area (TPSA) is 34.1 Å². The average Bonchev–Trinajstić information content (AvgIpc) is 2.18. The number of rotatable bonds is 4. The Kier molecular flexibility index (Phi) is 3.97. The van der Waals surface area contributed by atoms with Crippen LogP contribution in [0, 0.1) is 5.82 Å². The average molecular weight is 229 g/mol. The van der Waals surface area contributed by atoms with Gasteiger partial charge in [-0.3, -0.25) is 4.79 Å². The van der Waals surface area contributed by atoms with E-state index in [1.54, 1.807) is 0 Å². The molecule has 0 N–H and O–H groups in total. The molecule has 0 bridgehead atoms. The molecule has 0 aliphatic carbocycles. The first kappa shape index (κ1) is 11.9. The Morgan fingerprint density at radius 3 is 2.53 bits per heavy atom. The predicted octanol–water partition coefficient (Wildman–Crippen LogP) is 3.03. The van der Waals surface area contributed by atoms with E-state index in [4.69, 9.17) is 11.6 Å². The molecule has 80 valence electrons. The summed E-state index contributed by atoms with van der Waals surface area (Å²) in [6.07, 6.45) is 0.338. The summed E-state index contributed by atoms with van der Waals surface area (Å²) in [6.45, 7) is 1.42. The summed E-state index contributed by atoms with van der Waals surface area (Å²) in [5.41, 5.74) is 0.336. The Balaban J connectivity index is 2.74. The summed E-state index contributed by atoms with van der Waals surface area (Å²) in [7, 11) is 0. The fraction of sp³-hybridized carbons (Fsp3) is 0.273. The van der Waals surface area contributed by atoms with E-state index in [0.29, 0.717) is 5.56 Å². The molecule has 0 atom stereocenters. The maximum atomic E-state index is 12.8. The van der Waals surface area contributed by atoms with Gasteiger partial charge in [-0.25, -0.2) is 4.39 Å². The van der Waals surface area contributed by atoms with Crippen molar-refractivity contribution < 1.29 is 14.0 Å². The summed E-state index contributed by atoms with van der Waals surface area (Å²) in [4.78, 5) is 22.1. The highest BCUT2D eigenvalue weighted by Gasteiger charge is 2.09. The van der Waals surface area contributed by atoms with E-state index in [-0.39, 0.29) is 29.4 Å². The van der Waals surface area contributed by atoms with Gasteiger partial charge in [0.1, 0.15) is 11.6 Å². The lowest BCUT2D eigenvalue weighted by molar-refractivity contribution is -0.116. The van der Waals surface area contributed by atoms with Crippen LogP contribution in [0.4, 0.5) is 4.39 Å². The van der Waals surface area contributed by atoms with Gasteiger partial charge >= 0.3 is 0 Å². The van der Waals surface area contributed by atoms with Crippen LogP contribution in [0.2, 0.25) is 5.02 Å². The summed E-state index contributed by atoms with van der Waals surface area (Å²) in [5.74, 6) is -0.802. The zero-order valence-corrected chi connectivity index (χ0v) is 8.97. The van der Waals surface area contributed by atoms with Gasteiger partial charge in [-0.1, -0.05) is 11.6 Å². The molecule has 0 spiro atoms. The van der Waals surface area contributed by atoms with Crippen LogP contribution < -0.4 is 0 Å². The van der Waals surface area contributed by atoms with Gasteiger partial charge in [0.25, 0.3) is 0 Å². The molecule has 1 rings (SSSR count). The Morgan fingerprint density at radius 1 is 1.33 bits per heavy atom. The number of benzene rings is 1. The fourth-order valence-corrected chi connectivity index (χ4v) is 1.28. The maximum absolute atomic E-state index is 12.8. The van der Waals surface area contributed by atoms with Crippen molar-refractivity contribution in [2.45, 2.75) is 19.8 Å². The Morgan fingerprint density at radius 2 is 2.00 bits per heavy atom. The second-order valence-electron chi connectivity index (χ2n) is 3.25. The van der Waals surface area contributed by atoms with Gasteiger partial charge in [0, 0.05) is 18.4 Å². The molecule has 1 aromatic rings. The molecule has 1 aromatic carbocycles. The molecule has 15 heavy (non-hydrogen) atoms. The lowest BCUT2D eigenvalue weighted by Gasteiger charge is -2.00. The molecule has 4 heteroatoms. The van der Waals surface area contributed by atoms with Crippen LogP contribution in [0.15, 0.2) is 18.2 Å². The lowest BCUT2D eigenvalue weighted by Crippen LogP contribution is -2.02. The molecule has 0 radical (unpaired) electrons. The zero-order chi connectivity index (χ0) is 11.4. The van der Waals surface area contributed by atoms with Gasteiger partial charge in [-0.05, 0) is 25.1 Å². The van der Waals surface area contributed by atoms with Crippen LogP contribution in [0.3, 0.4) is 0 Å². The van der Waals surface area contributed by atoms with Gasteiger partial charge in [-0.15, -0.1) is 0 Å². The molecule has 0 aromatic heterocycles. The molecule has 0 heterocycles. The lowest BCUT2D eigenvalue weighted by atomic mass is 10.1. The van der Waals surface area contributed by atoms with Crippen LogP contribution in [0.5, 0.6) is 0 Å². The van der Waals surface area contributed by atoms with Crippen molar-refractivity contribution >= 4 is 23.2 Å². The first-order valence-corrected chi connectivity index (χ1v) is 4.86. The molecule has 0 unspecified atom stereocenters. The minimum absolute atomic E-state index is 0.0449. The van der Waals surface area contributed by atoms with Crippen LogP contribution in [0.25, 0.3) is 0 Å². The minimum atomic E-state index is -0.556. The van der Waals surface area contributed by atoms with Crippen molar-refractivity contribution in [3.8, 4) is 0 Å². The van der Waals surface area contributed by atoms with Crippen LogP contribution >= 0.6 is 11.6 Å². The highest BCUT2D eigenvalue weighted by atomic mass is 35.5. The van der Waals surface area contributed by atoms with E-state index in [0.717, 1.165) is 6.07 Å². The molecule has 0 aliphatic heterocycles. The van der Waals surface area contributed by atoms with Crippen molar-refractivity contribution in [2.24, 2.45) is 0 Å². The summed E-state index contributed by atoms with van der Waals surface area (Å²) >= 11 is 5.53. The SMILES string of the molecule is CC(=O)CCC(=O)c1ccc(F)c(Cl)c1. The fourth-order valence-electron chi connectivity index (χ4n) is 1.10. The normalized spacial score (nSPS) is 10.1. The van der Waals surface area contributed by atoms with Crippen molar-refractivity contribution in [3.63, 3.8) is 0 Å². The molecule has 2 nitrogen and oxygen atoms in total. The van der Waals surface area contributed by atoms with E-state index in [1.165, 1.54) is 19.1 Å². The number of ketones is 2. The number of hydrogen-bond donors (Lipinski definition) is 0. The molecule has 0 amide bonds. The third-order valence-electron chi connectivity index (χ3n) is 1.95. The second-order valence-corrected chi connectivity index (χ2v) is 3.66. The highest BCUT2D eigenvalue weighted by Crippen LogP contribution is 2.17. The zero-order valence-electron chi connectivity index (χ0n) is 8.22. The summed E-state index contributed by atoms with van der Waals surface area (Å²) in [5, 5.41) is -0.0799. The standard InChI is InChI=1S/C11H10ClFO2/c1-7(14)2-5-11(15)8-3-4-10(13)9(12)6-8/h3-4,6H,2,5H2,1H3. The number of carbonyl (C=O) groups excluding carboxylic acids is 2. The van der Waals surface area contributed by atoms with E-state index >= 15 is 0 Å². The largest absolute Gasteiger partial charge is 0.300 e. The van der Waals surface area contributed by atoms with Crippen LogP contribution in [-0.2, 0) is 4.79 Å². The molecule has 0 aliphatic rings. The molecular formula is C11H10ClFO2. The van der Waals surface area contributed by atoms with Crippen LogP contribution in [0.1, 0.15) is 30.1 Å². The van der Waals surface area contributed by atoms with Gasteiger partial charge in [0.05, 0.1) is 5.02 Å². The van der Waals surface area contributed by atoms with Crippen molar-refractivity contribution in [3.05, 3.63) is 34.6 Å². The molecule has 0 saturated heterocycles. The van der Waals surface area contributed by atoms with E-state index in [1.807, 2.05) is 0 Å². The Labute approximate surface area is 92.0 Å². The molecule has 0 fully saturated rings. The minimum Gasteiger partial charge on any atom is -0.300 e. The Hall–Kier alpha value is -1.22. The Bertz CT molecular complexity index is 402. The number of hydrogen-bond acceptors (Lipinski definition) is 2. The third kappa shape index (κ3) is 3.44. The number of halogens is 2. The first-order chi connectivity index (χ1) is 7.00. The smallest absolute Gasteiger partial charge is 0.163 e. The first-order valence-electron chi connectivity index (χ1n) is 4.48. The van der Waals surface area contributed by atoms with Crippen molar-refractivity contribution in [1.82, 2.24) is 0 Å². The van der Waals surface area contributed by atoms with E-state index in [9.17, 15) is 14.0 Å². The summed E-state index contributed by atoms with van der Waals surface area (Å²) in [6, 6.07) is 3.78. The highest BCUT2D eigenvalue weighted by molar-refractivity contribution is 6.31. The van der Waals surface area contributed by atoms with Gasteiger partial charge in [0.15, 0.2) is 5.78 Å². The summed E-state index contributed by atoms with van der Waals surface area (Å²) < 4.78 is 12.8. The van der Waals surface area contributed by atoms with Gasteiger partial charge in [0.2, 0.25) is 0 Å². The van der Waals surface area contributed by atoms with E-state index in [2.05, 4.69) is 0 Å². The van der Waals surface area contributed by atoms with Crippen molar-refractivity contribution in [1.29, 1.82) is 0 Å². The monoisotopic (exact) mass is 228 g/mol. The molecular weight excluding hydrogens is 219 g/mol. The van der Waals surface area contributed by atoms with E-state index < -0.39 is 5.82 Å². The maximum Gasteiger partial charge on any atom is 0.163 e. The number of carbonyl (C=O) groups is 2. The third-order valence-corrected chi connectivity index (χ3v) is 2.24. The predicted molar refractivity (Wildman–Crippen MR) is 55.7 cm³/mol. The van der Waals surface area contributed by atoms with Gasteiger partial charge < -0.3 is 4.79 Å². The van der Waals surface area contributed by atoms with Gasteiger partial charge in [-0.2, -0.15) is 0 Å². The second kappa shape index (κ2) is 5.03. The van der Waals surface area contributed by atoms with Crippen molar-refractivity contribution in [2.75, 3.05) is 0 Å². The van der Waals surface area contributed by atoms with Crippen LogP contribution in [-0.4, -0.2) is 11.6 Å². The molecule has 0 saturated carbocycles. The number of Topliss-reactive ketones (excluding diaryl/α,β-unsaturated/α-hetero) is 2.